The molecule has 1 aliphatic rings. The summed E-state index contributed by atoms with van der Waals surface area (Å²) in [6.45, 7) is 0.862. The third-order valence-electron chi connectivity index (χ3n) is 4.31. The van der Waals surface area contributed by atoms with Crippen LogP contribution in [0.4, 0.5) is 10.1 Å². The van der Waals surface area contributed by atoms with Crippen LogP contribution in [0.5, 0.6) is 0 Å². The van der Waals surface area contributed by atoms with Crippen LogP contribution in [0.25, 0.3) is 0 Å². The predicted octanol–water partition coefficient (Wildman–Crippen LogP) is 4.56. The standard InChI is InChI=1S/C18H17Cl2FN2O3S/c19-14-6-4-12(18(24)22-16-7-5-13(21)11-15(16)20)10-17(14)27(25,26)23-8-2-1-3-9-23/h4-7,10-11H,1-3,8-9H2,(H,22,24). The van der Waals surface area contributed by atoms with Gasteiger partial charge in [0.2, 0.25) is 10.0 Å². The molecule has 3 rings (SSSR count). The first kappa shape index (κ1) is 20.1. The molecule has 0 atom stereocenters. The second kappa shape index (κ2) is 8.14. The number of nitrogens with zero attached hydrogens (tertiary/aromatic N) is 1. The number of benzene rings is 2. The van der Waals surface area contributed by atoms with Crippen molar-refractivity contribution in [1.29, 1.82) is 0 Å². The van der Waals surface area contributed by atoms with Gasteiger partial charge in [0, 0.05) is 18.7 Å². The van der Waals surface area contributed by atoms with Crippen molar-refractivity contribution in [2.45, 2.75) is 24.2 Å². The Morgan fingerprint density at radius 3 is 2.37 bits per heavy atom. The maximum absolute atomic E-state index is 13.1. The Hall–Kier alpha value is -1.67. The lowest BCUT2D eigenvalue weighted by atomic mass is 10.2. The van der Waals surface area contributed by atoms with Gasteiger partial charge in [0.25, 0.3) is 5.91 Å². The van der Waals surface area contributed by atoms with Crippen molar-refractivity contribution in [1.82, 2.24) is 4.31 Å². The van der Waals surface area contributed by atoms with Gasteiger partial charge in [0.1, 0.15) is 10.7 Å². The monoisotopic (exact) mass is 430 g/mol. The van der Waals surface area contributed by atoms with Crippen LogP contribution in [0.2, 0.25) is 10.0 Å². The van der Waals surface area contributed by atoms with Crippen molar-refractivity contribution >= 4 is 44.8 Å². The molecular formula is C18H17Cl2FN2O3S. The minimum atomic E-state index is -3.79. The number of carbonyl (C=O) groups excluding carboxylic acids is 1. The number of halogens is 3. The maximum atomic E-state index is 13.1. The molecule has 0 unspecified atom stereocenters. The van der Waals surface area contributed by atoms with Gasteiger partial charge in [0.15, 0.2) is 0 Å². The van der Waals surface area contributed by atoms with Crippen LogP contribution in [-0.2, 0) is 10.0 Å². The highest BCUT2D eigenvalue weighted by Gasteiger charge is 2.28. The van der Waals surface area contributed by atoms with Gasteiger partial charge in [-0.1, -0.05) is 29.6 Å². The number of piperidine rings is 1. The number of amides is 1. The van der Waals surface area contributed by atoms with Crippen LogP contribution < -0.4 is 5.32 Å². The minimum absolute atomic E-state index is 0.0403. The summed E-state index contributed by atoms with van der Waals surface area (Å²) in [7, 11) is -3.79. The van der Waals surface area contributed by atoms with Crippen molar-refractivity contribution in [3.05, 3.63) is 57.8 Å². The number of anilines is 1. The molecule has 5 nitrogen and oxygen atoms in total. The first-order chi connectivity index (χ1) is 12.8. The molecule has 1 amide bonds. The molecule has 1 aliphatic heterocycles. The Bertz CT molecular complexity index is 977. The lowest BCUT2D eigenvalue weighted by Crippen LogP contribution is -2.35. The summed E-state index contributed by atoms with van der Waals surface area (Å²) in [4.78, 5) is 12.4. The van der Waals surface area contributed by atoms with Crippen LogP contribution in [0.3, 0.4) is 0 Å². The Kier molecular flexibility index (Phi) is 6.05. The van der Waals surface area contributed by atoms with Gasteiger partial charge in [-0.15, -0.1) is 0 Å². The SMILES string of the molecule is O=C(Nc1ccc(F)cc1Cl)c1ccc(Cl)c(S(=O)(=O)N2CCCCC2)c1. The summed E-state index contributed by atoms with van der Waals surface area (Å²) in [5.74, 6) is -1.10. The van der Waals surface area contributed by atoms with Crippen LogP contribution in [0, 0.1) is 5.82 Å². The highest BCUT2D eigenvalue weighted by Crippen LogP contribution is 2.29. The number of hydrogen-bond donors (Lipinski definition) is 1. The number of carbonyl (C=O) groups is 1. The average molecular weight is 431 g/mol. The maximum Gasteiger partial charge on any atom is 0.255 e. The molecule has 1 N–H and O–H groups in total. The predicted molar refractivity (Wildman–Crippen MR) is 103 cm³/mol. The second-order valence-electron chi connectivity index (χ2n) is 6.19. The van der Waals surface area contributed by atoms with Crippen molar-refractivity contribution in [3.63, 3.8) is 0 Å². The van der Waals surface area contributed by atoms with E-state index in [4.69, 9.17) is 23.2 Å². The third kappa shape index (κ3) is 4.43. The molecule has 2 aromatic carbocycles. The molecule has 27 heavy (non-hydrogen) atoms. The highest BCUT2D eigenvalue weighted by molar-refractivity contribution is 7.89. The Morgan fingerprint density at radius 1 is 1.00 bits per heavy atom. The molecule has 2 aromatic rings. The van der Waals surface area contributed by atoms with E-state index in [1.165, 1.54) is 28.6 Å². The van der Waals surface area contributed by atoms with E-state index in [9.17, 15) is 17.6 Å². The number of hydrogen-bond acceptors (Lipinski definition) is 3. The van der Waals surface area contributed by atoms with E-state index in [1.807, 2.05) is 0 Å². The molecular weight excluding hydrogens is 414 g/mol. The van der Waals surface area contributed by atoms with Crippen LogP contribution in [-0.4, -0.2) is 31.7 Å². The minimum Gasteiger partial charge on any atom is -0.321 e. The Labute approximate surface area is 167 Å². The van der Waals surface area contributed by atoms with Gasteiger partial charge in [0.05, 0.1) is 15.7 Å². The zero-order chi connectivity index (χ0) is 19.6. The lowest BCUT2D eigenvalue weighted by molar-refractivity contribution is 0.102. The van der Waals surface area contributed by atoms with Gasteiger partial charge < -0.3 is 5.32 Å². The zero-order valence-corrected chi connectivity index (χ0v) is 16.5. The number of rotatable bonds is 4. The van der Waals surface area contributed by atoms with Crippen LogP contribution in [0.1, 0.15) is 29.6 Å². The molecule has 1 heterocycles. The molecule has 0 aliphatic carbocycles. The number of nitrogens with one attached hydrogen (secondary N) is 1. The first-order valence-electron chi connectivity index (χ1n) is 8.35. The molecule has 0 aromatic heterocycles. The molecule has 0 bridgehead atoms. The van der Waals surface area contributed by atoms with Crippen LogP contribution in [0.15, 0.2) is 41.3 Å². The molecule has 9 heteroatoms. The molecule has 1 fully saturated rings. The fraction of sp³-hybridized carbons (Fsp3) is 0.278. The van der Waals surface area contributed by atoms with E-state index in [0.717, 1.165) is 31.4 Å². The lowest BCUT2D eigenvalue weighted by Gasteiger charge is -2.26. The second-order valence-corrected chi connectivity index (χ2v) is 8.91. The summed E-state index contributed by atoms with van der Waals surface area (Å²) in [5.41, 5.74) is 0.328. The molecule has 0 spiro atoms. The summed E-state index contributed by atoms with van der Waals surface area (Å²) in [5, 5.41) is 2.64. The van der Waals surface area contributed by atoms with Crippen molar-refractivity contribution in [3.8, 4) is 0 Å². The van der Waals surface area contributed by atoms with Crippen molar-refractivity contribution < 1.29 is 17.6 Å². The fourth-order valence-electron chi connectivity index (χ4n) is 2.87. The molecule has 144 valence electrons. The number of sulfonamides is 1. The van der Waals surface area contributed by atoms with Gasteiger partial charge in [-0.2, -0.15) is 4.31 Å². The zero-order valence-electron chi connectivity index (χ0n) is 14.2. The summed E-state index contributed by atoms with van der Waals surface area (Å²) < 4.78 is 40.3. The van der Waals surface area contributed by atoms with Crippen molar-refractivity contribution in [2.24, 2.45) is 0 Å². The first-order valence-corrected chi connectivity index (χ1v) is 10.5. The molecule has 1 saturated heterocycles. The van der Waals surface area contributed by atoms with Crippen LogP contribution >= 0.6 is 23.2 Å². The third-order valence-corrected chi connectivity index (χ3v) is 7.00. The average Bonchev–Trinajstić information content (AvgIpc) is 2.65. The summed E-state index contributed by atoms with van der Waals surface area (Å²) in [6, 6.07) is 7.61. The normalized spacial score (nSPS) is 15.5. The van der Waals surface area contributed by atoms with E-state index in [1.54, 1.807) is 0 Å². The summed E-state index contributed by atoms with van der Waals surface area (Å²) in [6.07, 6.45) is 2.57. The van der Waals surface area contributed by atoms with E-state index in [0.29, 0.717) is 13.1 Å². The van der Waals surface area contributed by atoms with Gasteiger partial charge in [-0.25, -0.2) is 12.8 Å². The smallest absolute Gasteiger partial charge is 0.255 e. The molecule has 0 saturated carbocycles. The summed E-state index contributed by atoms with van der Waals surface area (Å²) >= 11 is 12.0. The van der Waals surface area contributed by atoms with E-state index in [-0.39, 0.29) is 26.2 Å². The quantitative estimate of drug-likeness (QED) is 0.772. The van der Waals surface area contributed by atoms with Gasteiger partial charge in [-0.05, 0) is 49.2 Å². The van der Waals surface area contributed by atoms with E-state index < -0.39 is 21.7 Å². The van der Waals surface area contributed by atoms with Gasteiger partial charge in [-0.3, -0.25) is 4.79 Å². The van der Waals surface area contributed by atoms with E-state index in [2.05, 4.69) is 5.32 Å². The van der Waals surface area contributed by atoms with Crippen molar-refractivity contribution in [2.75, 3.05) is 18.4 Å². The molecule has 0 radical (unpaired) electrons. The highest BCUT2D eigenvalue weighted by atomic mass is 35.5. The largest absolute Gasteiger partial charge is 0.321 e. The topological polar surface area (TPSA) is 66.5 Å². The fourth-order valence-corrected chi connectivity index (χ4v) is 5.10. The van der Waals surface area contributed by atoms with E-state index >= 15 is 0 Å². The Balaban J connectivity index is 1.89. The van der Waals surface area contributed by atoms with Gasteiger partial charge >= 0.3 is 0 Å². The Morgan fingerprint density at radius 2 is 1.70 bits per heavy atom.